The highest BCUT2D eigenvalue weighted by Gasteiger charge is 2.20. The number of rotatable bonds is 4. The summed E-state index contributed by atoms with van der Waals surface area (Å²) in [6, 6.07) is 46.9. The van der Waals surface area contributed by atoms with Crippen molar-refractivity contribution in [3.05, 3.63) is 140 Å². The van der Waals surface area contributed by atoms with Gasteiger partial charge >= 0.3 is 0 Å². The zero-order chi connectivity index (χ0) is 29.0. The van der Waals surface area contributed by atoms with E-state index in [1.54, 1.807) is 0 Å². The molecule has 0 radical (unpaired) electrons. The van der Waals surface area contributed by atoms with Crippen molar-refractivity contribution in [1.82, 2.24) is 15.0 Å². The van der Waals surface area contributed by atoms with Crippen molar-refractivity contribution in [3.8, 4) is 45.3 Å². The monoisotopic (exact) mass is 565 g/mol. The normalized spacial score (nSPS) is 11.6. The van der Waals surface area contributed by atoms with E-state index in [1.165, 1.54) is 0 Å². The van der Waals surface area contributed by atoms with E-state index in [0.29, 0.717) is 17.5 Å². The molecule has 6 aromatic carbocycles. The van der Waals surface area contributed by atoms with E-state index in [1.807, 2.05) is 103 Å². The van der Waals surface area contributed by atoms with Gasteiger partial charge in [0, 0.05) is 32.7 Å². The maximum absolute atomic E-state index is 6.62. The fourth-order valence-electron chi connectivity index (χ4n) is 6.09. The van der Waals surface area contributed by atoms with Crippen LogP contribution >= 0.6 is 0 Å². The molecule has 0 atom stereocenters. The van der Waals surface area contributed by atoms with E-state index in [-0.39, 0.29) is 0 Å². The highest BCUT2D eigenvalue weighted by Crippen LogP contribution is 2.41. The lowest BCUT2D eigenvalue weighted by molar-refractivity contribution is 0.669. The lowest BCUT2D eigenvalue weighted by atomic mass is 9.97. The van der Waals surface area contributed by atoms with Crippen LogP contribution in [0, 0.1) is 0 Å². The number of hydrogen-bond acceptors (Lipinski definition) is 5. The third kappa shape index (κ3) is 3.91. The first kappa shape index (κ1) is 24.5. The molecule has 3 aromatic heterocycles. The first-order chi connectivity index (χ1) is 21.8. The number of benzene rings is 6. The molecule has 44 heavy (non-hydrogen) atoms. The van der Waals surface area contributed by atoms with Crippen molar-refractivity contribution >= 4 is 43.9 Å². The van der Waals surface area contributed by atoms with Gasteiger partial charge < -0.3 is 8.83 Å². The summed E-state index contributed by atoms with van der Waals surface area (Å²) in [4.78, 5) is 14.8. The second-order valence-corrected chi connectivity index (χ2v) is 10.8. The van der Waals surface area contributed by atoms with Gasteiger partial charge in [-0.05, 0) is 41.5 Å². The van der Waals surface area contributed by atoms with Gasteiger partial charge in [-0.1, -0.05) is 109 Å². The molecule has 0 bridgehead atoms. The molecule has 3 heterocycles. The van der Waals surface area contributed by atoms with Gasteiger partial charge in [0.25, 0.3) is 0 Å². The largest absolute Gasteiger partial charge is 0.456 e. The number of fused-ring (bicyclic) bond motifs is 6. The number of furan rings is 2. The molecule has 9 rings (SSSR count). The van der Waals surface area contributed by atoms with Gasteiger partial charge in [-0.2, -0.15) is 0 Å². The summed E-state index contributed by atoms with van der Waals surface area (Å²) < 4.78 is 12.7. The van der Waals surface area contributed by atoms with Gasteiger partial charge in [0.1, 0.15) is 22.3 Å². The van der Waals surface area contributed by atoms with E-state index in [0.717, 1.165) is 71.7 Å². The summed E-state index contributed by atoms with van der Waals surface area (Å²) in [6.45, 7) is 0. The molecule has 0 aliphatic carbocycles. The first-order valence-corrected chi connectivity index (χ1v) is 14.5. The number of hydrogen-bond donors (Lipinski definition) is 0. The molecule has 206 valence electrons. The Balaban J connectivity index is 1.27. The standard InChI is InChI=1S/C39H23N3O2/c1-3-11-24(12-4-1)37-40-38(25-13-5-2-6-14-25)42-39(41-37)30-18-9-17-29-35-27(16-10-20-34(35)44-36(29)30)26-21-22-33-31(23-26)28-15-7-8-19-32(28)43-33/h1-23H. The van der Waals surface area contributed by atoms with Crippen LogP contribution in [0.15, 0.2) is 148 Å². The molecule has 0 saturated carbocycles. The number of para-hydroxylation sites is 2. The molecule has 0 aliphatic heterocycles. The predicted octanol–water partition coefficient (Wildman–Crippen LogP) is 10.3. The van der Waals surface area contributed by atoms with Crippen LogP contribution in [0.4, 0.5) is 0 Å². The minimum atomic E-state index is 0.565. The molecule has 0 saturated heterocycles. The molecule has 5 nitrogen and oxygen atoms in total. The summed E-state index contributed by atoms with van der Waals surface area (Å²) in [7, 11) is 0. The maximum Gasteiger partial charge on any atom is 0.167 e. The molecule has 0 amide bonds. The number of aromatic nitrogens is 3. The average molecular weight is 566 g/mol. The van der Waals surface area contributed by atoms with Crippen molar-refractivity contribution < 1.29 is 8.83 Å². The van der Waals surface area contributed by atoms with Crippen molar-refractivity contribution in [1.29, 1.82) is 0 Å². The molecule has 0 spiro atoms. The van der Waals surface area contributed by atoms with Gasteiger partial charge in [-0.3, -0.25) is 0 Å². The highest BCUT2D eigenvalue weighted by atomic mass is 16.3. The van der Waals surface area contributed by atoms with Crippen LogP contribution in [0.5, 0.6) is 0 Å². The highest BCUT2D eigenvalue weighted by molar-refractivity contribution is 6.16. The molecule has 0 fully saturated rings. The third-order valence-electron chi connectivity index (χ3n) is 8.15. The van der Waals surface area contributed by atoms with Crippen LogP contribution in [-0.2, 0) is 0 Å². The molecule has 5 heteroatoms. The fraction of sp³-hybridized carbons (Fsp3) is 0. The summed E-state index contributed by atoms with van der Waals surface area (Å²) in [5.41, 5.74) is 8.17. The summed E-state index contributed by atoms with van der Waals surface area (Å²) >= 11 is 0. The molecular formula is C39H23N3O2. The van der Waals surface area contributed by atoms with Crippen LogP contribution in [0.1, 0.15) is 0 Å². The van der Waals surface area contributed by atoms with E-state index in [4.69, 9.17) is 23.8 Å². The van der Waals surface area contributed by atoms with Gasteiger partial charge in [-0.25, -0.2) is 15.0 Å². The minimum Gasteiger partial charge on any atom is -0.456 e. The Bertz CT molecular complexity index is 2440. The van der Waals surface area contributed by atoms with Crippen molar-refractivity contribution in [2.75, 3.05) is 0 Å². The fourth-order valence-corrected chi connectivity index (χ4v) is 6.09. The topological polar surface area (TPSA) is 65.0 Å². The van der Waals surface area contributed by atoms with Crippen molar-refractivity contribution in [3.63, 3.8) is 0 Å². The maximum atomic E-state index is 6.62. The Morgan fingerprint density at radius 1 is 0.364 bits per heavy atom. The van der Waals surface area contributed by atoms with Crippen LogP contribution in [-0.4, -0.2) is 15.0 Å². The predicted molar refractivity (Wildman–Crippen MR) is 176 cm³/mol. The van der Waals surface area contributed by atoms with Gasteiger partial charge in [-0.15, -0.1) is 0 Å². The van der Waals surface area contributed by atoms with Crippen LogP contribution in [0.2, 0.25) is 0 Å². The quantitative estimate of drug-likeness (QED) is 0.212. The average Bonchev–Trinajstić information content (AvgIpc) is 3.67. The first-order valence-electron chi connectivity index (χ1n) is 14.5. The van der Waals surface area contributed by atoms with E-state index in [2.05, 4.69) is 36.4 Å². The van der Waals surface area contributed by atoms with Crippen molar-refractivity contribution in [2.24, 2.45) is 0 Å². The van der Waals surface area contributed by atoms with Gasteiger partial charge in [0.2, 0.25) is 0 Å². The Kier molecular flexibility index (Phi) is 5.43. The molecule has 0 unspecified atom stereocenters. The zero-order valence-corrected chi connectivity index (χ0v) is 23.4. The Morgan fingerprint density at radius 2 is 0.955 bits per heavy atom. The van der Waals surface area contributed by atoms with E-state index < -0.39 is 0 Å². The number of nitrogens with zero attached hydrogens (tertiary/aromatic N) is 3. The summed E-state index contributed by atoms with van der Waals surface area (Å²) in [5.74, 6) is 1.79. The minimum absolute atomic E-state index is 0.565. The van der Waals surface area contributed by atoms with Gasteiger partial charge in [0.15, 0.2) is 17.5 Å². The van der Waals surface area contributed by atoms with E-state index >= 15 is 0 Å². The van der Waals surface area contributed by atoms with E-state index in [9.17, 15) is 0 Å². The second kappa shape index (κ2) is 9.75. The van der Waals surface area contributed by atoms with Crippen LogP contribution < -0.4 is 0 Å². The third-order valence-corrected chi connectivity index (χ3v) is 8.15. The molecule has 0 aliphatic rings. The van der Waals surface area contributed by atoms with Crippen LogP contribution in [0.3, 0.4) is 0 Å². The van der Waals surface area contributed by atoms with Crippen LogP contribution in [0.25, 0.3) is 89.2 Å². The Labute approximate surface area is 252 Å². The molecular weight excluding hydrogens is 542 g/mol. The van der Waals surface area contributed by atoms with Crippen molar-refractivity contribution in [2.45, 2.75) is 0 Å². The Morgan fingerprint density at radius 3 is 1.73 bits per heavy atom. The molecule has 0 N–H and O–H groups in total. The lowest BCUT2D eigenvalue weighted by Crippen LogP contribution is -2.00. The summed E-state index contributed by atoms with van der Waals surface area (Å²) in [6.07, 6.45) is 0. The zero-order valence-electron chi connectivity index (χ0n) is 23.4. The Hall–Kier alpha value is -6.07. The lowest BCUT2D eigenvalue weighted by Gasteiger charge is -2.08. The summed E-state index contributed by atoms with van der Waals surface area (Å²) in [5, 5.41) is 4.26. The molecule has 9 aromatic rings. The SMILES string of the molecule is c1ccc(-c2nc(-c3ccccc3)nc(-c3cccc4c3oc3cccc(-c5ccc6oc7ccccc7c6c5)c34)n2)cc1. The van der Waals surface area contributed by atoms with Gasteiger partial charge in [0.05, 0.1) is 5.56 Å². The second-order valence-electron chi connectivity index (χ2n) is 10.8. The smallest absolute Gasteiger partial charge is 0.167 e.